The lowest BCUT2D eigenvalue weighted by molar-refractivity contribution is -0.305. The van der Waals surface area contributed by atoms with E-state index in [0.717, 1.165) is 5.56 Å². The van der Waals surface area contributed by atoms with Gasteiger partial charge in [-0.05, 0) is 28.5 Å². The second-order valence-electron chi connectivity index (χ2n) is 5.60. The minimum Gasteiger partial charge on any atom is -0.550 e. The fraction of sp³-hybridized carbons (Fsp3) is 0.400. The molecule has 0 fully saturated rings. The molecule has 1 unspecified atom stereocenters. The Labute approximate surface area is 102 Å². The van der Waals surface area contributed by atoms with Gasteiger partial charge in [0, 0.05) is 11.9 Å². The fourth-order valence-electron chi connectivity index (χ4n) is 2.45. The minimum absolute atomic E-state index is 0.0366. The maximum Gasteiger partial charge on any atom is 0.0423 e. The first-order chi connectivity index (χ1) is 7.89. The molecule has 1 aliphatic carbocycles. The Morgan fingerprint density at radius 1 is 1.29 bits per heavy atom. The van der Waals surface area contributed by atoms with Crippen molar-refractivity contribution in [2.45, 2.75) is 33.1 Å². The van der Waals surface area contributed by atoms with Crippen molar-refractivity contribution in [3.05, 3.63) is 41.5 Å². The number of carboxylic acid groups (broad SMARTS) is 1. The molecular formula is C15H17O2-. The second kappa shape index (κ2) is 4.02. The summed E-state index contributed by atoms with van der Waals surface area (Å²) in [5, 5.41) is 10.8. The normalized spacial score (nSPS) is 18.8. The van der Waals surface area contributed by atoms with Gasteiger partial charge >= 0.3 is 0 Å². The number of aliphatic carboxylic acids is 1. The van der Waals surface area contributed by atoms with E-state index in [0.29, 0.717) is 0 Å². The molecule has 17 heavy (non-hydrogen) atoms. The number of fused-ring (bicyclic) bond motifs is 1. The molecule has 1 atom stereocenters. The van der Waals surface area contributed by atoms with Crippen molar-refractivity contribution in [3.63, 3.8) is 0 Å². The number of hydrogen-bond acceptors (Lipinski definition) is 2. The standard InChI is InChI=1S/C15H18O2/c1-15(2,3)13-8-10(9-14(16)17)11-6-4-5-7-12(11)13/h4-8,10H,9H2,1-3H3,(H,16,17)/p-1. The third kappa shape index (κ3) is 2.26. The highest BCUT2D eigenvalue weighted by Gasteiger charge is 2.29. The number of carbonyl (C=O) groups excluding carboxylic acids is 1. The van der Waals surface area contributed by atoms with Crippen molar-refractivity contribution in [2.24, 2.45) is 5.41 Å². The van der Waals surface area contributed by atoms with Crippen LogP contribution in [0.1, 0.15) is 44.2 Å². The van der Waals surface area contributed by atoms with E-state index in [4.69, 9.17) is 0 Å². The Morgan fingerprint density at radius 2 is 1.94 bits per heavy atom. The molecule has 0 saturated carbocycles. The van der Waals surface area contributed by atoms with Gasteiger partial charge in [0.25, 0.3) is 0 Å². The molecule has 0 aromatic heterocycles. The van der Waals surface area contributed by atoms with E-state index in [9.17, 15) is 9.90 Å². The van der Waals surface area contributed by atoms with E-state index in [2.05, 4.69) is 32.9 Å². The lowest BCUT2D eigenvalue weighted by Crippen LogP contribution is -2.23. The van der Waals surface area contributed by atoms with Crippen LogP contribution in [-0.4, -0.2) is 5.97 Å². The van der Waals surface area contributed by atoms with Crippen molar-refractivity contribution >= 4 is 11.5 Å². The lowest BCUT2D eigenvalue weighted by Gasteiger charge is -2.21. The molecule has 90 valence electrons. The summed E-state index contributed by atoms with van der Waals surface area (Å²) in [6, 6.07) is 8.04. The van der Waals surface area contributed by atoms with E-state index in [1.807, 2.05) is 18.2 Å². The molecule has 0 amide bonds. The van der Waals surface area contributed by atoms with Crippen LogP contribution in [0.15, 0.2) is 30.3 Å². The highest BCUT2D eigenvalue weighted by molar-refractivity contribution is 5.80. The molecule has 0 saturated heterocycles. The summed E-state index contributed by atoms with van der Waals surface area (Å²) in [6.45, 7) is 6.45. The Kier molecular flexibility index (Phi) is 2.82. The molecule has 0 heterocycles. The van der Waals surface area contributed by atoms with E-state index < -0.39 is 5.97 Å². The van der Waals surface area contributed by atoms with Crippen LogP contribution < -0.4 is 5.11 Å². The van der Waals surface area contributed by atoms with Crippen LogP contribution in [0.4, 0.5) is 0 Å². The highest BCUT2D eigenvalue weighted by Crippen LogP contribution is 2.45. The molecule has 2 rings (SSSR count). The van der Waals surface area contributed by atoms with Gasteiger partial charge in [-0.2, -0.15) is 0 Å². The van der Waals surface area contributed by atoms with Gasteiger partial charge < -0.3 is 9.90 Å². The summed E-state index contributed by atoms with van der Waals surface area (Å²) in [4.78, 5) is 10.8. The molecule has 2 heteroatoms. The largest absolute Gasteiger partial charge is 0.550 e. The SMILES string of the molecule is CC(C)(C)C1=CC(CC(=O)[O-])c2ccccc21. The minimum atomic E-state index is -0.990. The van der Waals surface area contributed by atoms with Crippen LogP contribution in [-0.2, 0) is 4.79 Å². The van der Waals surface area contributed by atoms with Crippen LogP contribution in [0.3, 0.4) is 0 Å². The highest BCUT2D eigenvalue weighted by atomic mass is 16.4. The first kappa shape index (κ1) is 11.9. The first-order valence-corrected chi connectivity index (χ1v) is 5.91. The Hall–Kier alpha value is -1.57. The van der Waals surface area contributed by atoms with E-state index >= 15 is 0 Å². The quantitative estimate of drug-likeness (QED) is 0.781. The molecule has 1 aromatic rings. The van der Waals surface area contributed by atoms with Gasteiger partial charge in [-0.15, -0.1) is 0 Å². The number of allylic oxidation sites excluding steroid dienone is 2. The number of rotatable bonds is 2. The zero-order valence-electron chi connectivity index (χ0n) is 10.5. The third-order valence-corrected chi connectivity index (χ3v) is 3.21. The van der Waals surface area contributed by atoms with E-state index in [-0.39, 0.29) is 17.8 Å². The van der Waals surface area contributed by atoms with Gasteiger partial charge in [0.1, 0.15) is 0 Å². The van der Waals surface area contributed by atoms with Gasteiger partial charge in [0.2, 0.25) is 0 Å². The van der Waals surface area contributed by atoms with Gasteiger partial charge in [-0.25, -0.2) is 0 Å². The molecule has 0 radical (unpaired) electrons. The summed E-state index contributed by atoms with van der Waals surface area (Å²) in [6.07, 6.45) is 2.15. The average Bonchev–Trinajstić information content (AvgIpc) is 2.56. The van der Waals surface area contributed by atoms with Crippen LogP contribution in [0.5, 0.6) is 0 Å². The first-order valence-electron chi connectivity index (χ1n) is 5.91. The van der Waals surface area contributed by atoms with Gasteiger partial charge in [0.05, 0.1) is 0 Å². The zero-order valence-corrected chi connectivity index (χ0v) is 10.5. The number of benzene rings is 1. The number of carbonyl (C=O) groups is 1. The van der Waals surface area contributed by atoms with Gasteiger partial charge in [-0.3, -0.25) is 0 Å². The average molecular weight is 229 g/mol. The van der Waals surface area contributed by atoms with Crippen LogP contribution in [0.25, 0.3) is 5.57 Å². The van der Waals surface area contributed by atoms with E-state index in [1.165, 1.54) is 11.1 Å². The molecule has 2 nitrogen and oxygen atoms in total. The summed E-state index contributed by atoms with van der Waals surface area (Å²) in [5.41, 5.74) is 3.57. The van der Waals surface area contributed by atoms with E-state index in [1.54, 1.807) is 0 Å². The van der Waals surface area contributed by atoms with Gasteiger partial charge in [0.15, 0.2) is 0 Å². The molecule has 0 bridgehead atoms. The van der Waals surface area contributed by atoms with Crippen molar-refractivity contribution in [3.8, 4) is 0 Å². The van der Waals surface area contributed by atoms with Crippen molar-refractivity contribution in [2.75, 3.05) is 0 Å². The molecule has 1 aromatic carbocycles. The van der Waals surface area contributed by atoms with Gasteiger partial charge in [-0.1, -0.05) is 51.1 Å². The Balaban J connectivity index is 2.46. The van der Waals surface area contributed by atoms with Crippen molar-refractivity contribution in [1.82, 2.24) is 0 Å². The van der Waals surface area contributed by atoms with Crippen LogP contribution in [0, 0.1) is 5.41 Å². The predicted octanol–water partition coefficient (Wildman–Crippen LogP) is 2.35. The molecule has 0 spiro atoms. The number of carboxylic acids is 1. The maximum atomic E-state index is 10.8. The second-order valence-corrected chi connectivity index (χ2v) is 5.60. The van der Waals surface area contributed by atoms with Crippen LogP contribution in [0.2, 0.25) is 0 Å². The summed E-state index contributed by atoms with van der Waals surface area (Å²) < 4.78 is 0. The lowest BCUT2D eigenvalue weighted by atomic mass is 9.83. The smallest absolute Gasteiger partial charge is 0.0423 e. The van der Waals surface area contributed by atoms with Crippen molar-refractivity contribution < 1.29 is 9.90 Å². The third-order valence-electron chi connectivity index (χ3n) is 3.21. The summed E-state index contributed by atoms with van der Waals surface area (Å²) >= 11 is 0. The maximum absolute atomic E-state index is 10.8. The predicted molar refractivity (Wildman–Crippen MR) is 66.2 cm³/mol. The Bertz CT molecular complexity index is 478. The van der Waals surface area contributed by atoms with Crippen LogP contribution >= 0.6 is 0 Å². The summed E-state index contributed by atoms with van der Waals surface area (Å²) in [5.74, 6) is -1.03. The molecule has 1 aliphatic rings. The molecular weight excluding hydrogens is 212 g/mol. The number of hydrogen-bond donors (Lipinski definition) is 0. The van der Waals surface area contributed by atoms with Crippen molar-refractivity contribution in [1.29, 1.82) is 0 Å². The fourth-order valence-corrected chi connectivity index (χ4v) is 2.45. The topological polar surface area (TPSA) is 40.1 Å². The molecule has 0 aliphatic heterocycles. The summed E-state index contributed by atoms with van der Waals surface area (Å²) in [7, 11) is 0. The molecule has 0 N–H and O–H groups in total. The zero-order chi connectivity index (χ0) is 12.6. The Morgan fingerprint density at radius 3 is 2.53 bits per heavy atom. The monoisotopic (exact) mass is 229 g/mol.